The first kappa shape index (κ1) is 19.7. The number of anilines is 1. The summed E-state index contributed by atoms with van der Waals surface area (Å²) >= 11 is 0. The van der Waals surface area contributed by atoms with Gasteiger partial charge in [0.15, 0.2) is 0 Å². The lowest BCUT2D eigenvalue weighted by Gasteiger charge is -2.35. The van der Waals surface area contributed by atoms with Crippen molar-refractivity contribution >= 4 is 11.6 Å². The molecule has 29 heavy (non-hydrogen) atoms. The molecule has 1 amide bonds. The monoisotopic (exact) mass is 397 g/mol. The summed E-state index contributed by atoms with van der Waals surface area (Å²) in [6.07, 6.45) is 4.90. The molecule has 0 saturated carbocycles. The highest BCUT2D eigenvalue weighted by molar-refractivity contribution is 5.78. The summed E-state index contributed by atoms with van der Waals surface area (Å²) in [6, 6.07) is 11.7. The Bertz CT molecular complexity index is 953. The van der Waals surface area contributed by atoms with Gasteiger partial charge in [0, 0.05) is 49.5 Å². The van der Waals surface area contributed by atoms with Gasteiger partial charge in [-0.05, 0) is 63.4 Å². The second-order valence-electron chi connectivity index (χ2n) is 8.91. The Balaban J connectivity index is 1.52. The fourth-order valence-electron chi connectivity index (χ4n) is 5.20. The third-order valence-corrected chi connectivity index (χ3v) is 6.45. The van der Waals surface area contributed by atoms with E-state index in [1.165, 1.54) is 18.2 Å². The lowest BCUT2D eigenvalue weighted by atomic mass is 9.87. The summed E-state index contributed by atoms with van der Waals surface area (Å²) in [5.74, 6) is -0.135. The van der Waals surface area contributed by atoms with Crippen LogP contribution in [-0.2, 0) is 11.3 Å². The van der Waals surface area contributed by atoms with Crippen LogP contribution in [0.5, 0.6) is 0 Å². The lowest BCUT2D eigenvalue weighted by Crippen LogP contribution is -2.49. The summed E-state index contributed by atoms with van der Waals surface area (Å²) in [6.45, 7) is 6.29. The number of hydrogen-bond acceptors (Lipinski definition) is 3. The van der Waals surface area contributed by atoms with Gasteiger partial charge in [0.1, 0.15) is 5.82 Å². The SMILES string of the molecule is CC1(C)CC2(CCCN2C(=O)CCn2ccccc2=O)CN1c1ccc(F)cc1. The molecule has 2 fully saturated rings. The zero-order valence-electron chi connectivity index (χ0n) is 17.1. The maximum absolute atomic E-state index is 13.4. The van der Waals surface area contributed by atoms with Crippen LogP contribution in [0.3, 0.4) is 0 Å². The van der Waals surface area contributed by atoms with Gasteiger partial charge in [0.2, 0.25) is 5.91 Å². The fourth-order valence-corrected chi connectivity index (χ4v) is 5.20. The molecule has 154 valence electrons. The minimum atomic E-state index is -0.241. The molecule has 1 spiro atoms. The van der Waals surface area contributed by atoms with E-state index in [4.69, 9.17) is 0 Å². The van der Waals surface area contributed by atoms with Crippen LogP contribution in [0.4, 0.5) is 10.1 Å². The predicted octanol–water partition coefficient (Wildman–Crippen LogP) is 3.43. The van der Waals surface area contributed by atoms with Crippen molar-refractivity contribution in [3.05, 3.63) is 64.8 Å². The van der Waals surface area contributed by atoms with Crippen molar-refractivity contribution in [2.45, 2.75) is 57.2 Å². The number of likely N-dealkylation sites (tertiary alicyclic amines) is 1. The maximum Gasteiger partial charge on any atom is 0.250 e. The Morgan fingerprint density at radius 3 is 2.62 bits per heavy atom. The third kappa shape index (κ3) is 3.68. The smallest absolute Gasteiger partial charge is 0.250 e. The highest BCUT2D eigenvalue weighted by Gasteiger charge is 2.54. The van der Waals surface area contributed by atoms with Crippen LogP contribution in [0.25, 0.3) is 0 Å². The van der Waals surface area contributed by atoms with Gasteiger partial charge in [0.05, 0.1) is 5.54 Å². The first-order chi connectivity index (χ1) is 13.8. The molecule has 1 aromatic carbocycles. The van der Waals surface area contributed by atoms with Gasteiger partial charge >= 0.3 is 0 Å². The van der Waals surface area contributed by atoms with Gasteiger partial charge < -0.3 is 14.4 Å². The molecule has 0 aliphatic carbocycles. The van der Waals surface area contributed by atoms with Gasteiger partial charge in [-0.25, -0.2) is 4.39 Å². The molecular weight excluding hydrogens is 369 g/mol. The van der Waals surface area contributed by atoms with Gasteiger partial charge in [-0.15, -0.1) is 0 Å². The Labute approximate surface area is 170 Å². The summed E-state index contributed by atoms with van der Waals surface area (Å²) in [7, 11) is 0. The molecule has 6 heteroatoms. The molecule has 1 unspecified atom stereocenters. The van der Waals surface area contributed by atoms with E-state index in [2.05, 4.69) is 18.7 Å². The predicted molar refractivity (Wildman–Crippen MR) is 111 cm³/mol. The number of carbonyl (C=O) groups is 1. The first-order valence-electron chi connectivity index (χ1n) is 10.3. The minimum Gasteiger partial charge on any atom is -0.364 e. The molecule has 3 heterocycles. The topological polar surface area (TPSA) is 45.6 Å². The molecule has 1 atom stereocenters. The third-order valence-electron chi connectivity index (χ3n) is 6.45. The molecule has 2 saturated heterocycles. The Hall–Kier alpha value is -2.63. The zero-order chi connectivity index (χ0) is 20.6. The molecule has 5 nitrogen and oxygen atoms in total. The number of carbonyl (C=O) groups excluding carboxylic acids is 1. The summed E-state index contributed by atoms with van der Waals surface area (Å²) < 4.78 is 15.0. The van der Waals surface area contributed by atoms with Gasteiger partial charge in [-0.1, -0.05) is 6.07 Å². The van der Waals surface area contributed by atoms with Gasteiger partial charge in [0.25, 0.3) is 5.56 Å². The number of amides is 1. The van der Waals surface area contributed by atoms with Gasteiger partial charge in [-0.3, -0.25) is 9.59 Å². The summed E-state index contributed by atoms with van der Waals surface area (Å²) in [5.41, 5.74) is 0.581. The van der Waals surface area contributed by atoms with Crippen LogP contribution in [0, 0.1) is 5.82 Å². The average Bonchev–Trinajstić information content (AvgIpc) is 3.21. The number of nitrogens with zero attached hydrogens (tertiary/aromatic N) is 3. The number of halogens is 1. The fraction of sp³-hybridized carbons (Fsp3) is 0.478. The highest BCUT2D eigenvalue weighted by Crippen LogP contribution is 2.47. The van der Waals surface area contributed by atoms with Crippen molar-refractivity contribution in [1.82, 2.24) is 9.47 Å². The molecule has 0 bridgehead atoms. The maximum atomic E-state index is 13.4. The Morgan fingerprint density at radius 2 is 1.90 bits per heavy atom. The minimum absolute atomic E-state index is 0.0825. The molecule has 4 rings (SSSR count). The van der Waals surface area contributed by atoms with E-state index in [0.717, 1.165) is 38.0 Å². The Kier molecular flexibility index (Phi) is 4.97. The number of aryl methyl sites for hydroxylation is 1. The van der Waals surface area contributed by atoms with Crippen LogP contribution in [0.1, 0.15) is 39.5 Å². The lowest BCUT2D eigenvalue weighted by molar-refractivity contribution is -0.135. The molecule has 1 aromatic heterocycles. The van der Waals surface area contributed by atoms with Crippen molar-refractivity contribution in [3.63, 3.8) is 0 Å². The second-order valence-corrected chi connectivity index (χ2v) is 8.91. The zero-order valence-corrected chi connectivity index (χ0v) is 17.1. The quantitative estimate of drug-likeness (QED) is 0.794. The largest absolute Gasteiger partial charge is 0.364 e. The van der Waals surface area contributed by atoms with Crippen LogP contribution < -0.4 is 10.5 Å². The number of benzene rings is 1. The van der Waals surface area contributed by atoms with E-state index in [-0.39, 0.29) is 28.4 Å². The molecule has 2 aliphatic heterocycles. The van der Waals surface area contributed by atoms with E-state index < -0.39 is 0 Å². The normalized spacial score (nSPS) is 23.1. The number of rotatable bonds is 4. The standard InChI is InChI=1S/C23H28FN3O2/c1-22(2)16-23(17-27(22)19-9-7-18(24)8-10-19)12-5-14-26(23)21(29)11-15-25-13-4-3-6-20(25)28/h3-4,6-10,13H,5,11-12,14-17H2,1-2H3. The van der Waals surface area contributed by atoms with Crippen molar-refractivity contribution in [1.29, 1.82) is 0 Å². The van der Waals surface area contributed by atoms with Crippen molar-refractivity contribution < 1.29 is 9.18 Å². The molecule has 2 aromatic rings. The van der Waals surface area contributed by atoms with E-state index in [1.807, 2.05) is 23.1 Å². The second kappa shape index (κ2) is 7.32. The summed E-state index contributed by atoms with van der Waals surface area (Å²) in [5, 5.41) is 0. The van der Waals surface area contributed by atoms with E-state index in [1.54, 1.807) is 16.8 Å². The van der Waals surface area contributed by atoms with E-state index >= 15 is 0 Å². The first-order valence-corrected chi connectivity index (χ1v) is 10.3. The van der Waals surface area contributed by atoms with E-state index in [0.29, 0.717) is 13.0 Å². The van der Waals surface area contributed by atoms with E-state index in [9.17, 15) is 14.0 Å². The number of hydrogen-bond donors (Lipinski definition) is 0. The number of aromatic nitrogens is 1. The average molecular weight is 397 g/mol. The van der Waals surface area contributed by atoms with Crippen LogP contribution in [0.15, 0.2) is 53.5 Å². The van der Waals surface area contributed by atoms with Gasteiger partial charge in [-0.2, -0.15) is 0 Å². The van der Waals surface area contributed by atoms with Crippen LogP contribution in [-0.4, -0.2) is 39.5 Å². The molecular formula is C23H28FN3O2. The molecule has 0 N–H and O–H groups in total. The Morgan fingerprint density at radius 1 is 1.14 bits per heavy atom. The van der Waals surface area contributed by atoms with Crippen LogP contribution >= 0.6 is 0 Å². The molecule has 0 radical (unpaired) electrons. The highest BCUT2D eigenvalue weighted by atomic mass is 19.1. The summed E-state index contributed by atoms with van der Waals surface area (Å²) in [4.78, 5) is 29.4. The van der Waals surface area contributed by atoms with Crippen LogP contribution in [0.2, 0.25) is 0 Å². The molecule has 2 aliphatic rings. The van der Waals surface area contributed by atoms with Crippen molar-refractivity contribution in [3.8, 4) is 0 Å². The van der Waals surface area contributed by atoms with Crippen molar-refractivity contribution in [2.75, 3.05) is 18.0 Å². The number of pyridine rings is 1. The van der Waals surface area contributed by atoms with Crippen molar-refractivity contribution in [2.24, 2.45) is 0 Å².